The Hall–Kier alpha value is -1.70. The summed E-state index contributed by atoms with van der Waals surface area (Å²) in [5, 5.41) is 0. The number of rotatable bonds is 4. The van der Waals surface area contributed by atoms with E-state index in [-0.39, 0.29) is 0 Å². The van der Waals surface area contributed by atoms with Crippen LogP contribution < -0.4 is 0 Å². The highest BCUT2D eigenvalue weighted by Crippen LogP contribution is 2.44. The van der Waals surface area contributed by atoms with Crippen molar-refractivity contribution in [3.63, 3.8) is 0 Å². The van der Waals surface area contributed by atoms with Crippen molar-refractivity contribution in [3.8, 4) is 0 Å². The van der Waals surface area contributed by atoms with Gasteiger partial charge in [-0.1, -0.05) is 29.8 Å². The minimum absolute atomic E-state index is 0.613. The van der Waals surface area contributed by atoms with Crippen LogP contribution in [0.3, 0.4) is 0 Å². The molecule has 0 saturated heterocycles. The molecule has 0 spiro atoms. The first kappa shape index (κ1) is 11.4. The lowest BCUT2D eigenvalue weighted by Gasteiger charge is -2.16. The van der Waals surface area contributed by atoms with Gasteiger partial charge in [-0.05, 0) is 43.6 Å². The fourth-order valence-electron chi connectivity index (χ4n) is 2.53. The molecule has 1 aromatic heterocycles. The Morgan fingerprint density at radius 2 is 1.94 bits per heavy atom. The van der Waals surface area contributed by atoms with Gasteiger partial charge in [-0.15, -0.1) is 0 Å². The number of hydrogen-bond acceptors (Lipinski definition) is 2. The van der Waals surface area contributed by atoms with E-state index in [1.807, 2.05) is 6.20 Å². The van der Waals surface area contributed by atoms with Gasteiger partial charge in [0.2, 0.25) is 0 Å². The lowest BCUT2D eigenvalue weighted by Crippen LogP contribution is -2.07. The normalized spacial score (nSPS) is 16.5. The number of benzene rings is 1. The second-order valence-electron chi connectivity index (χ2n) is 5.26. The zero-order valence-electron chi connectivity index (χ0n) is 10.7. The molecule has 1 aromatic carbocycles. The summed E-state index contributed by atoms with van der Waals surface area (Å²) in [7, 11) is 0. The Kier molecular flexibility index (Phi) is 3.09. The van der Waals surface area contributed by atoms with E-state index >= 15 is 0 Å². The molecule has 0 amide bonds. The van der Waals surface area contributed by atoms with Crippen molar-refractivity contribution < 1.29 is 0 Å². The van der Waals surface area contributed by atoms with Crippen molar-refractivity contribution in [1.82, 2.24) is 9.97 Å². The third-order valence-corrected chi connectivity index (χ3v) is 3.74. The van der Waals surface area contributed by atoms with E-state index in [1.165, 1.54) is 24.0 Å². The monoisotopic (exact) mass is 238 g/mol. The topological polar surface area (TPSA) is 25.8 Å². The average Bonchev–Trinajstić information content (AvgIpc) is 3.23. The molecule has 1 aliphatic carbocycles. The highest BCUT2D eigenvalue weighted by Gasteiger charge is 2.32. The lowest BCUT2D eigenvalue weighted by atomic mass is 9.89. The maximum atomic E-state index is 4.41. The zero-order valence-corrected chi connectivity index (χ0v) is 10.7. The second-order valence-corrected chi connectivity index (χ2v) is 5.26. The van der Waals surface area contributed by atoms with Gasteiger partial charge in [-0.2, -0.15) is 0 Å². The molecule has 1 aliphatic rings. The molecule has 0 N–H and O–H groups in total. The van der Waals surface area contributed by atoms with E-state index in [0.717, 1.165) is 18.0 Å². The van der Waals surface area contributed by atoms with Gasteiger partial charge >= 0.3 is 0 Å². The summed E-state index contributed by atoms with van der Waals surface area (Å²) >= 11 is 0. The van der Waals surface area contributed by atoms with Crippen LogP contribution in [0.4, 0.5) is 0 Å². The molecule has 2 nitrogen and oxygen atoms in total. The highest BCUT2D eigenvalue weighted by atomic mass is 14.8. The van der Waals surface area contributed by atoms with Crippen LogP contribution in [-0.4, -0.2) is 9.97 Å². The first-order chi connectivity index (χ1) is 8.83. The van der Waals surface area contributed by atoms with Gasteiger partial charge in [-0.3, -0.25) is 9.97 Å². The molecule has 1 unspecified atom stereocenters. The minimum Gasteiger partial charge on any atom is -0.261 e. The van der Waals surface area contributed by atoms with E-state index < -0.39 is 0 Å². The minimum atomic E-state index is 0.613. The van der Waals surface area contributed by atoms with Gasteiger partial charge in [-0.25, -0.2) is 0 Å². The number of aryl methyl sites for hydroxylation is 1. The fourth-order valence-corrected chi connectivity index (χ4v) is 2.53. The molecule has 3 rings (SSSR count). The SMILES string of the molecule is Cc1ccc(C(Cc2cnccn2)C2CC2)cc1. The summed E-state index contributed by atoms with van der Waals surface area (Å²) in [5.74, 6) is 1.46. The fraction of sp³-hybridized carbons (Fsp3) is 0.375. The maximum Gasteiger partial charge on any atom is 0.0592 e. The molecule has 18 heavy (non-hydrogen) atoms. The van der Waals surface area contributed by atoms with Crippen LogP contribution >= 0.6 is 0 Å². The molecule has 2 aromatic rings. The molecule has 1 heterocycles. The van der Waals surface area contributed by atoms with E-state index in [1.54, 1.807) is 12.4 Å². The number of aromatic nitrogens is 2. The van der Waals surface area contributed by atoms with Crippen molar-refractivity contribution >= 4 is 0 Å². The summed E-state index contributed by atoms with van der Waals surface area (Å²) in [5.41, 5.74) is 3.89. The van der Waals surface area contributed by atoms with Crippen LogP contribution in [0, 0.1) is 12.8 Å². The van der Waals surface area contributed by atoms with E-state index in [9.17, 15) is 0 Å². The van der Waals surface area contributed by atoms with Gasteiger partial charge in [0.25, 0.3) is 0 Å². The molecule has 92 valence electrons. The van der Waals surface area contributed by atoms with E-state index in [4.69, 9.17) is 0 Å². The Morgan fingerprint density at radius 3 is 2.56 bits per heavy atom. The van der Waals surface area contributed by atoms with Crippen molar-refractivity contribution in [2.45, 2.75) is 32.1 Å². The van der Waals surface area contributed by atoms with Gasteiger partial charge < -0.3 is 0 Å². The molecule has 0 radical (unpaired) electrons. The van der Waals surface area contributed by atoms with Crippen LogP contribution in [-0.2, 0) is 6.42 Å². The van der Waals surface area contributed by atoms with Crippen molar-refractivity contribution in [2.24, 2.45) is 5.92 Å². The Morgan fingerprint density at radius 1 is 1.17 bits per heavy atom. The molecule has 0 bridgehead atoms. The maximum absolute atomic E-state index is 4.41. The van der Waals surface area contributed by atoms with Crippen LogP contribution in [0.25, 0.3) is 0 Å². The summed E-state index contributed by atoms with van der Waals surface area (Å²) in [6.45, 7) is 2.14. The summed E-state index contributed by atoms with van der Waals surface area (Å²) in [4.78, 5) is 8.57. The summed E-state index contributed by atoms with van der Waals surface area (Å²) < 4.78 is 0. The van der Waals surface area contributed by atoms with E-state index in [2.05, 4.69) is 41.2 Å². The standard InChI is InChI=1S/C16H18N2/c1-12-2-4-13(5-3-12)16(14-6-7-14)10-15-11-17-8-9-18-15/h2-5,8-9,11,14,16H,6-7,10H2,1H3. The number of hydrogen-bond donors (Lipinski definition) is 0. The Balaban J connectivity index is 1.82. The Bertz CT molecular complexity index is 500. The lowest BCUT2D eigenvalue weighted by molar-refractivity contribution is 0.592. The smallest absolute Gasteiger partial charge is 0.0592 e. The zero-order chi connectivity index (χ0) is 12.4. The van der Waals surface area contributed by atoms with Crippen LogP contribution in [0.5, 0.6) is 0 Å². The molecular weight excluding hydrogens is 220 g/mol. The molecule has 1 atom stereocenters. The van der Waals surface area contributed by atoms with E-state index in [0.29, 0.717) is 5.92 Å². The van der Waals surface area contributed by atoms with Crippen LogP contribution in [0.15, 0.2) is 42.9 Å². The van der Waals surface area contributed by atoms with Crippen LogP contribution in [0.1, 0.15) is 35.6 Å². The van der Waals surface area contributed by atoms with Gasteiger partial charge in [0, 0.05) is 18.6 Å². The summed E-state index contributed by atoms with van der Waals surface area (Å²) in [6.07, 6.45) is 9.15. The van der Waals surface area contributed by atoms with Crippen LogP contribution in [0.2, 0.25) is 0 Å². The largest absolute Gasteiger partial charge is 0.261 e. The van der Waals surface area contributed by atoms with Crippen molar-refractivity contribution in [1.29, 1.82) is 0 Å². The molecule has 2 heteroatoms. The average molecular weight is 238 g/mol. The highest BCUT2D eigenvalue weighted by molar-refractivity contribution is 5.27. The predicted octanol–water partition coefficient (Wildman–Crippen LogP) is 3.52. The van der Waals surface area contributed by atoms with Gasteiger partial charge in [0.1, 0.15) is 0 Å². The first-order valence-corrected chi connectivity index (χ1v) is 6.64. The predicted molar refractivity (Wildman–Crippen MR) is 72.4 cm³/mol. The van der Waals surface area contributed by atoms with Gasteiger partial charge in [0.15, 0.2) is 0 Å². The van der Waals surface area contributed by atoms with Gasteiger partial charge in [0.05, 0.1) is 5.69 Å². The van der Waals surface area contributed by atoms with Crippen molar-refractivity contribution in [2.75, 3.05) is 0 Å². The molecule has 1 fully saturated rings. The second kappa shape index (κ2) is 4.89. The quantitative estimate of drug-likeness (QED) is 0.814. The molecular formula is C16H18N2. The first-order valence-electron chi connectivity index (χ1n) is 6.64. The third kappa shape index (κ3) is 2.58. The molecule has 0 aliphatic heterocycles. The number of nitrogens with zero attached hydrogens (tertiary/aromatic N) is 2. The third-order valence-electron chi connectivity index (χ3n) is 3.74. The molecule has 1 saturated carbocycles. The summed E-state index contributed by atoms with van der Waals surface area (Å²) in [6, 6.07) is 8.96. The Labute approximate surface area is 108 Å². The van der Waals surface area contributed by atoms with Crippen molar-refractivity contribution in [3.05, 3.63) is 59.7 Å².